The van der Waals surface area contributed by atoms with Gasteiger partial charge in [-0.1, -0.05) is 18.2 Å². The number of morpholine rings is 1. The van der Waals surface area contributed by atoms with Crippen LogP contribution in [-0.4, -0.2) is 45.0 Å². The predicted molar refractivity (Wildman–Crippen MR) is 87.4 cm³/mol. The molecule has 0 aliphatic carbocycles. The summed E-state index contributed by atoms with van der Waals surface area (Å²) in [6.07, 6.45) is -0.0180. The second-order valence-corrected chi connectivity index (χ2v) is 7.76. The third kappa shape index (κ3) is 3.68. The number of hydrogen-bond donors (Lipinski definition) is 0. The van der Waals surface area contributed by atoms with Crippen molar-refractivity contribution in [3.8, 4) is 0 Å². The molecular formula is C17H19NO5S. The summed E-state index contributed by atoms with van der Waals surface area (Å²) < 4.78 is 35.6. The van der Waals surface area contributed by atoms with Crippen molar-refractivity contribution >= 4 is 15.7 Å². The zero-order valence-electron chi connectivity index (χ0n) is 13.3. The molecule has 1 saturated heterocycles. The van der Waals surface area contributed by atoms with Gasteiger partial charge in [0.2, 0.25) is 0 Å². The second-order valence-electron chi connectivity index (χ2n) is 5.77. The maximum absolute atomic E-state index is 12.4. The summed E-state index contributed by atoms with van der Waals surface area (Å²) in [6.45, 7) is 3.39. The molecule has 1 atom stereocenters. The van der Waals surface area contributed by atoms with Crippen molar-refractivity contribution in [2.45, 2.75) is 23.7 Å². The first-order valence-corrected chi connectivity index (χ1v) is 9.38. The average molecular weight is 349 g/mol. The molecule has 24 heavy (non-hydrogen) atoms. The van der Waals surface area contributed by atoms with Gasteiger partial charge in [-0.2, -0.15) is 0 Å². The van der Waals surface area contributed by atoms with E-state index in [0.29, 0.717) is 19.7 Å². The Morgan fingerprint density at radius 2 is 1.96 bits per heavy atom. The molecule has 1 aromatic heterocycles. The number of rotatable bonds is 4. The third-order valence-electron chi connectivity index (χ3n) is 3.84. The number of carbonyl (C=O) groups excluding carboxylic acids is 1. The number of sulfone groups is 1. The summed E-state index contributed by atoms with van der Waals surface area (Å²) >= 11 is 0. The van der Waals surface area contributed by atoms with Crippen LogP contribution < -0.4 is 0 Å². The van der Waals surface area contributed by atoms with Crippen molar-refractivity contribution in [2.75, 3.05) is 19.7 Å². The molecule has 1 aliphatic heterocycles. The van der Waals surface area contributed by atoms with Crippen LogP contribution in [0.25, 0.3) is 0 Å². The summed E-state index contributed by atoms with van der Waals surface area (Å²) in [5, 5.41) is 0. The zero-order chi connectivity index (χ0) is 17.2. The van der Waals surface area contributed by atoms with E-state index in [2.05, 4.69) is 0 Å². The van der Waals surface area contributed by atoms with E-state index in [-0.39, 0.29) is 34.2 Å². The molecule has 0 N–H and O–H groups in total. The standard InChI is InChI=1S/C17H19NO5S/c1-13-11-18(9-10-22-13)17(19)16-8-7-14(23-16)12-24(20,21)15-5-3-2-4-6-15/h2-8,13H,9-12H2,1H3/t13-/m0/s1. The van der Waals surface area contributed by atoms with E-state index in [1.165, 1.54) is 12.1 Å². The van der Waals surface area contributed by atoms with Crippen molar-refractivity contribution < 1.29 is 22.4 Å². The number of benzene rings is 1. The highest BCUT2D eigenvalue weighted by atomic mass is 32.2. The molecule has 1 fully saturated rings. The molecule has 0 radical (unpaired) electrons. The molecule has 1 aromatic carbocycles. The van der Waals surface area contributed by atoms with Crippen molar-refractivity contribution in [2.24, 2.45) is 0 Å². The van der Waals surface area contributed by atoms with E-state index >= 15 is 0 Å². The Kier molecular flexibility index (Phi) is 4.73. The molecule has 2 aromatic rings. The number of carbonyl (C=O) groups is 1. The Hall–Kier alpha value is -2.12. The van der Waals surface area contributed by atoms with Crippen molar-refractivity contribution in [1.82, 2.24) is 4.90 Å². The van der Waals surface area contributed by atoms with Gasteiger partial charge in [0, 0.05) is 13.1 Å². The first kappa shape index (κ1) is 16.7. The van der Waals surface area contributed by atoms with Crippen molar-refractivity contribution in [3.63, 3.8) is 0 Å². The summed E-state index contributed by atoms with van der Waals surface area (Å²) in [4.78, 5) is 14.3. The van der Waals surface area contributed by atoms with Crippen molar-refractivity contribution in [1.29, 1.82) is 0 Å². The van der Waals surface area contributed by atoms with Gasteiger partial charge >= 0.3 is 0 Å². The lowest BCUT2D eigenvalue weighted by Crippen LogP contribution is -2.44. The summed E-state index contributed by atoms with van der Waals surface area (Å²) in [5.41, 5.74) is 0. The van der Waals surface area contributed by atoms with Crippen LogP contribution in [0.4, 0.5) is 0 Å². The lowest BCUT2D eigenvalue weighted by molar-refractivity contribution is -0.0135. The molecule has 6 nitrogen and oxygen atoms in total. The van der Waals surface area contributed by atoms with E-state index in [1.54, 1.807) is 35.2 Å². The third-order valence-corrected chi connectivity index (χ3v) is 5.49. The number of furan rings is 1. The number of amides is 1. The molecule has 1 amide bonds. The predicted octanol–water partition coefficient (Wildman–Crippen LogP) is 2.11. The molecule has 128 valence electrons. The number of ether oxygens (including phenoxy) is 1. The summed E-state index contributed by atoms with van der Waals surface area (Å²) in [5.74, 6) is -0.108. The molecule has 3 rings (SSSR count). The van der Waals surface area contributed by atoms with Crippen LogP contribution in [0.2, 0.25) is 0 Å². The second kappa shape index (κ2) is 6.78. The topological polar surface area (TPSA) is 76.8 Å². The maximum Gasteiger partial charge on any atom is 0.289 e. The normalized spacial score (nSPS) is 18.5. The van der Waals surface area contributed by atoms with Crippen LogP contribution in [0.3, 0.4) is 0 Å². The highest BCUT2D eigenvalue weighted by Gasteiger charge is 2.25. The molecule has 0 bridgehead atoms. The maximum atomic E-state index is 12.4. The van der Waals surface area contributed by atoms with Gasteiger partial charge in [0.25, 0.3) is 5.91 Å². The van der Waals surface area contributed by atoms with Crippen LogP contribution in [0.15, 0.2) is 51.8 Å². The van der Waals surface area contributed by atoms with Crippen LogP contribution >= 0.6 is 0 Å². The minimum Gasteiger partial charge on any atom is -0.455 e. The number of nitrogens with zero attached hydrogens (tertiary/aromatic N) is 1. The Labute approximate surface area is 140 Å². The van der Waals surface area contributed by atoms with E-state index in [9.17, 15) is 13.2 Å². The zero-order valence-corrected chi connectivity index (χ0v) is 14.2. The van der Waals surface area contributed by atoms with Gasteiger partial charge in [-0.05, 0) is 31.2 Å². The fraction of sp³-hybridized carbons (Fsp3) is 0.353. The minimum absolute atomic E-state index is 0.0180. The van der Waals surface area contributed by atoms with Crippen LogP contribution in [0.5, 0.6) is 0 Å². The van der Waals surface area contributed by atoms with Crippen molar-refractivity contribution in [3.05, 3.63) is 54.0 Å². The summed E-state index contributed by atoms with van der Waals surface area (Å²) in [6, 6.07) is 11.2. The van der Waals surface area contributed by atoms with Gasteiger partial charge in [-0.3, -0.25) is 4.79 Å². The molecule has 7 heteroatoms. The van der Waals surface area contributed by atoms with Gasteiger partial charge < -0.3 is 14.1 Å². The van der Waals surface area contributed by atoms with E-state index in [1.807, 2.05) is 6.92 Å². The molecule has 0 spiro atoms. The lowest BCUT2D eigenvalue weighted by Gasteiger charge is -2.30. The van der Waals surface area contributed by atoms with Gasteiger partial charge in [-0.25, -0.2) is 8.42 Å². The average Bonchev–Trinajstić information content (AvgIpc) is 3.03. The first-order chi connectivity index (χ1) is 11.5. The molecular weight excluding hydrogens is 330 g/mol. The quantitative estimate of drug-likeness (QED) is 0.845. The van der Waals surface area contributed by atoms with Crippen LogP contribution in [-0.2, 0) is 20.3 Å². The summed E-state index contributed by atoms with van der Waals surface area (Å²) in [7, 11) is -3.50. The molecule has 0 saturated carbocycles. The highest BCUT2D eigenvalue weighted by Crippen LogP contribution is 2.19. The Morgan fingerprint density at radius 1 is 1.21 bits per heavy atom. The molecule has 1 aliphatic rings. The fourth-order valence-corrected chi connectivity index (χ4v) is 3.90. The van der Waals surface area contributed by atoms with Crippen LogP contribution in [0.1, 0.15) is 23.2 Å². The van der Waals surface area contributed by atoms with Gasteiger partial charge in [-0.15, -0.1) is 0 Å². The monoisotopic (exact) mass is 349 g/mol. The van der Waals surface area contributed by atoms with Crippen LogP contribution in [0, 0.1) is 0 Å². The van der Waals surface area contributed by atoms with E-state index in [4.69, 9.17) is 9.15 Å². The SMILES string of the molecule is C[C@H]1CN(C(=O)c2ccc(CS(=O)(=O)c3ccccc3)o2)CCO1. The minimum atomic E-state index is -3.50. The lowest BCUT2D eigenvalue weighted by atomic mass is 10.3. The van der Waals surface area contributed by atoms with Gasteiger partial charge in [0.15, 0.2) is 15.6 Å². The fourth-order valence-electron chi connectivity index (χ4n) is 2.63. The number of hydrogen-bond acceptors (Lipinski definition) is 5. The first-order valence-electron chi connectivity index (χ1n) is 7.73. The Balaban J connectivity index is 1.73. The van der Waals surface area contributed by atoms with Gasteiger partial charge in [0.1, 0.15) is 11.5 Å². The highest BCUT2D eigenvalue weighted by molar-refractivity contribution is 7.90. The van der Waals surface area contributed by atoms with E-state index in [0.717, 1.165) is 0 Å². The Bertz CT molecular complexity index is 813. The van der Waals surface area contributed by atoms with Gasteiger partial charge in [0.05, 0.1) is 17.6 Å². The molecule has 2 heterocycles. The Morgan fingerprint density at radius 3 is 2.67 bits per heavy atom. The smallest absolute Gasteiger partial charge is 0.289 e. The molecule has 0 unspecified atom stereocenters. The van der Waals surface area contributed by atoms with E-state index < -0.39 is 9.84 Å². The largest absolute Gasteiger partial charge is 0.455 e.